The van der Waals surface area contributed by atoms with Crippen LogP contribution in [0.2, 0.25) is 0 Å². The lowest BCUT2D eigenvalue weighted by molar-refractivity contribution is 0.355. The van der Waals surface area contributed by atoms with Crippen molar-refractivity contribution in [1.82, 2.24) is 29.9 Å². The van der Waals surface area contributed by atoms with Crippen molar-refractivity contribution in [3.05, 3.63) is 41.3 Å². The quantitative estimate of drug-likeness (QED) is 0.442. The predicted octanol–water partition coefficient (Wildman–Crippen LogP) is 3.21. The molecule has 2 aliphatic heterocycles. The van der Waals surface area contributed by atoms with Crippen LogP contribution >= 0.6 is 11.3 Å². The molecule has 9 nitrogen and oxygen atoms in total. The lowest BCUT2D eigenvalue weighted by atomic mass is 9.89. The van der Waals surface area contributed by atoms with Gasteiger partial charge in [-0.05, 0) is 38.7 Å². The molecule has 0 amide bonds. The number of hydrogen-bond donors (Lipinski definition) is 2. The minimum atomic E-state index is -3.60. The first-order valence-corrected chi connectivity index (χ1v) is 14.0. The Bertz CT molecular complexity index is 1500. The zero-order valence-electron chi connectivity index (χ0n) is 18.9. The number of fused-ring (bicyclic) bond motifs is 3. The molecular weight excluding hydrogens is 470 g/mol. The van der Waals surface area contributed by atoms with Crippen molar-refractivity contribution in [3.8, 4) is 21.8 Å². The number of nitrogens with zero attached hydrogens (tertiary/aromatic N) is 5. The summed E-state index contributed by atoms with van der Waals surface area (Å²) in [6.45, 7) is 2.01. The zero-order valence-corrected chi connectivity index (χ0v) is 20.5. The second-order valence-corrected chi connectivity index (χ2v) is 12.5. The number of aromatic nitrogens is 5. The number of pyridine rings is 1. The minimum Gasteiger partial charge on any atom is -0.382 e. The molecule has 3 atom stereocenters. The topological polar surface area (TPSA) is 128 Å². The number of hydrogen-bond acceptors (Lipinski definition) is 9. The molecule has 2 saturated heterocycles. The summed E-state index contributed by atoms with van der Waals surface area (Å²) >= 11 is 1.59. The van der Waals surface area contributed by atoms with E-state index in [0.29, 0.717) is 23.4 Å². The van der Waals surface area contributed by atoms with Crippen LogP contribution in [-0.4, -0.2) is 51.3 Å². The number of nitrogens with one attached hydrogen (secondary N) is 1. The number of sulfone groups is 1. The number of nitrogens with two attached hydrogens (primary N) is 1. The molecule has 2 bridgehead atoms. The van der Waals surface area contributed by atoms with Gasteiger partial charge in [-0.25, -0.2) is 18.4 Å². The van der Waals surface area contributed by atoms with Gasteiger partial charge in [0.1, 0.15) is 15.7 Å². The summed E-state index contributed by atoms with van der Waals surface area (Å²) in [4.78, 5) is 15.1. The van der Waals surface area contributed by atoms with Crippen LogP contribution in [0, 0.1) is 6.92 Å². The van der Waals surface area contributed by atoms with Gasteiger partial charge >= 0.3 is 0 Å². The van der Waals surface area contributed by atoms with E-state index in [9.17, 15) is 8.42 Å². The molecule has 3 N–H and O–H groups in total. The molecule has 0 saturated carbocycles. The zero-order chi connectivity index (χ0) is 23.6. The minimum absolute atomic E-state index is 0.0344. The van der Waals surface area contributed by atoms with Crippen molar-refractivity contribution < 1.29 is 8.42 Å². The van der Waals surface area contributed by atoms with Crippen molar-refractivity contribution in [1.29, 1.82) is 0 Å². The molecule has 2 fully saturated rings. The smallest absolute Gasteiger partial charge is 0.180 e. The van der Waals surface area contributed by atoms with Crippen LogP contribution in [0.1, 0.15) is 42.2 Å². The van der Waals surface area contributed by atoms with Crippen molar-refractivity contribution in [2.45, 2.75) is 55.5 Å². The summed E-state index contributed by atoms with van der Waals surface area (Å²) in [5, 5.41) is 8.88. The van der Waals surface area contributed by atoms with Crippen LogP contribution in [-0.2, 0) is 9.84 Å². The van der Waals surface area contributed by atoms with E-state index in [2.05, 4.69) is 20.4 Å². The summed E-state index contributed by atoms with van der Waals surface area (Å²) in [6, 6.07) is 4.68. The van der Waals surface area contributed by atoms with E-state index in [0.717, 1.165) is 52.4 Å². The highest BCUT2D eigenvalue weighted by atomic mass is 32.2. The summed E-state index contributed by atoms with van der Waals surface area (Å²) in [7, 11) is -3.60. The van der Waals surface area contributed by atoms with Crippen LogP contribution in [0.4, 0.5) is 5.82 Å². The standard InChI is InChI=1S/C23H25N7O2S2/c1-12-9-26-23(33-12)18-6-3-13(10-25-18)17-11-27-30-21(24)20(34(2,31)32)19(29-22(17)30)14-7-15-4-5-16(8-14)28-15/h3,6,9-11,14-16,28H,4-5,7-8,24H2,1-2H3/t14-,15+,16-. The van der Waals surface area contributed by atoms with Crippen LogP contribution in [0.25, 0.3) is 27.5 Å². The Hall–Kier alpha value is -2.89. The van der Waals surface area contributed by atoms with Gasteiger partial charge in [0.05, 0.1) is 17.6 Å². The maximum absolute atomic E-state index is 12.8. The molecule has 0 unspecified atom stereocenters. The van der Waals surface area contributed by atoms with Gasteiger partial charge < -0.3 is 11.1 Å². The molecule has 4 aromatic rings. The molecule has 6 rings (SSSR count). The van der Waals surface area contributed by atoms with Gasteiger partial charge in [-0.1, -0.05) is 6.07 Å². The van der Waals surface area contributed by atoms with Gasteiger partial charge in [0.25, 0.3) is 0 Å². The van der Waals surface area contributed by atoms with Gasteiger partial charge in [-0.3, -0.25) is 4.98 Å². The first-order valence-electron chi connectivity index (χ1n) is 11.3. The molecule has 0 aromatic carbocycles. The number of nitrogen functional groups attached to an aromatic ring is 1. The van der Waals surface area contributed by atoms with E-state index in [4.69, 9.17) is 10.7 Å². The SMILES string of the molecule is Cc1cnc(-c2ccc(-c3cnn4c(N)c(S(C)(=O)=O)c([C@H]5C[C@H]6CC[C@@H](C5)N6)nc34)cn2)s1. The van der Waals surface area contributed by atoms with E-state index in [1.165, 1.54) is 10.8 Å². The maximum Gasteiger partial charge on any atom is 0.180 e. The number of anilines is 1. The third-order valence-corrected chi connectivity index (χ3v) is 8.90. The Labute approximate surface area is 201 Å². The Morgan fingerprint density at radius 2 is 1.88 bits per heavy atom. The Kier molecular flexibility index (Phi) is 4.98. The molecule has 4 aromatic heterocycles. The fraction of sp³-hybridized carbons (Fsp3) is 0.391. The molecule has 34 heavy (non-hydrogen) atoms. The van der Waals surface area contributed by atoms with Gasteiger partial charge in [0, 0.05) is 52.7 Å². The molecule has 0 aliphatic carbocycles. The first-order chi connectivity index (χ1) is 16.3. The number of piperidine rings is 1. The van der Waals surface area contributed by atoms with E-state index in [1.54, 1.807) is 23.7 Å². The molecule has 0 spiro atoms. The van der Waals surface area contributed by atoms with Crippen molar-refractivity contribution in [2.24, 2.45) is 0 Å². The van der Waals surface area contributed by atoms with Gasteiger partial charge in [0.15, 0.2) is 15.5 Å². The lowest BCUT2D eigenvalue weighted by Gasteiger charge is -2.30. The van der Waals surface area contributed by atoms with Crippen molar-refractivity contribution in [2.75, 3.05) is 12.0 Å². The second-order valence-electron chi connectivity index (χ2n) is 9.29. The fourth-order valence-electron chi connectivity index (χ4n) is 5.31. The largest absolute Gasteiger partial charge is 0.382 e. The molecule has 6 heterocycles. The maximum atomic E-state index is 12.8. The van der Waals surface area contributed by atoms with Gasteiger partial charge in [0.2, 0.25) is 0 Å². The summed E-state index contributed by atoms with van der Waals surface area (Å²) in [6.07, 6.45) is 10.4. The molecular formula is C23H25N7O2S2. The fourth-order valence-corrected chi connectivity index (χ4v) is 7.11. The highest BCUT2D eigenvalue weighted by Crippen LogP contribution is 2.41. The first kappa shape index (κ1) is 21.6. The van der Waals surface area contributed by atoms with Crippen molar-refractivity contribution in [3.63, 3.8) is 0 Å². The van der Waals surface area contributed by atoms with Crippen LogP contribution in [0.3, 0.4) is 0 Å². The Morgan fingerprint density at radius 3 is 2.50 bits per heavy atom. The average molecular weight is 496 g/mol. The van der Waals surface area contributed by atoms with Crippen LogP contribution in [0.5, 0.6) is 0 Å². The number of rotatable bonds is 4. The highest BCUT2D eigenvalue weighted by Gasteiger charge is 2.38. The molecule has 2 aliphatic rings. The predicted molar refractivity (Wildman–Crippen MR) is 132 cm³/mol. The second kappa shape index (κ2) is 7.82. The van der Waals surface area contributed by atoms with Gasteiger partial charge in [-0.15, -0.1) is 11.3 Å². The van der Waals surface area contributed by atoms with Gasteiger partial charge in [-0.2, -0.15) is 9.61 Å². The molecule has 176 valence electrons. The number of aryl methyl sites for hydroxylation is 1. The van der Waals surface area contributed by atoms with Crippen LogP contribution in [0.15, 0.2) is 35.6 Å². The van der Waals surface area contributed by atoms with E-state index in [-0.39, 0.29) is 16.6 Å². The van der Waals surface area contributed by atoms with Crippen molar-refractivity contribution >= 4 is 32.6 Å². The normalized spacial score (nSPS) is 22.5. The highest BCUT2D eigenvalue weighted by molar-refractivity contribution is 7.91. The summed E-state index contributed by atoms with van der Waals surface area (Å²) < 4.78 is 27.0. The molecule has 11 heteroatoms. The third-order valence-electron chi connectivity index (χ3n) is 6.81. The molecule has 0 radical (unpaired) electrons. The number of thiazole rings is 1. The Morgan fingerprint density at radius 1 is 1.12 bits per heavy atom. The summed E-state index contributed by atoms with van der Waals surface area (Å²) in [5.41, 5.74) is 9.95. The van der Waals surface area contributed by atoms with E-state index < -0.39 is 9.84 Å². The van der Waals surface area contributed by atoms with E-state index in [1.807, 2.05) is 25.3 Å². The Balaban J connectivity index is 1.48. The third kappa shape index (κ3) is 3.58. The van der Waals surface area contributed by atoms with E-state index >= 15 is 0 Å². The average Bonchev–Trinajstić information content (AvgIpc) is 3.51. The monoisotopic (exact) mass is 495 g/mol. The summed E-state index contributed by atoms with van der Waals surface area (Å²) in [5.74, 6) is 0.148. The lowest BCUT2D eigenvalue weighted by Crippen LogP contribution is -2.38. The van der Waals surface area contributed by atoms with Crippen LogP contribution < -0.4 is 11.1 Å².